The van der Waals surface area contributed by atoms with Crippen molar-refractivity contribution in [2.75, 3.05) is 25.0 Å². The molecule has 1 aromatic heterocycles. The first-order valence-electron chi connectivity index (χ1n) is 8.87. The third-order valence-electron chi connectivity index (χ3n) is 4.84. The van der Waals surface area contributed by atoms with Gasteiger partial charge < -0.3 is 10.2 Å². The molecule has 2 heterocycles. The fraction of sp³-hybridized carbons (Fsp3) is 0.526. The van der Waals surface area contributed by atoms with Crippen LogP contribution in [-0.2, 0) is 5.41 Å². The van der Waals surface area contributed by atoms with Gasteiger partial charge in [0.2, 0.25) is 0 Å². The highest BCUT2D eigenvalue weighted by atomic mass is 16.2. The number of carbonyl (C=O) groups is 1. The smallest absolute Gasteiger partial charge is 0.280 e. The zero-order valence-corrected chi connectivity index (χ0v) is 15.5. The number of nitrogens with one attached hydrogen (secondary N) is 1. The Labute approximate surface area is 149 Å². The van der Waals surface area contributed by atoms with Gasteiger partial charge in [-0.1, -0.05) is 38.1 Å². The molecule has 3 rings (SSSR count). The van der Waals surface area contributed by atoms with Crippen LogP contribution in [0.15, 0.2) is 30.5 Å². The second kappa shape index (κ2) is 6.96. The van der Waals surface area contributed by atoms with E-state index in [4.69, 9.17) is 0 Å². The molecule has 6 heteroatoms. The van der Waals surface area contributed by atoms with E-state index in [1.165, 1.54) is 5.56 Å². The molecule has 134 valence electrons. The molecule has 1 N–H and O–H groups in total. The summed E-state index contributed by atoms with van der Waals surface area (Å²) in [6.45, 7) is 8.49. The molecule has 0 atom stereocenters. The summed E-state index contributed by atoms with van der Waals surface area (Å²) in [5.74, 6) is -0.135. The summed E-state index contributed by atoms with van der Waals surface area (Å²) < 4.78 is 1.84. The lowest BCUT2D eigenvalue weighted by Crippen LogP contribution is -2.29. The molecule has 0 radical (unpaired) electrons. The van der Waals surface area contributed by atoms with Crippen molar-refractivity contribution in [3.63, 3.8) is 0 Å². The van der Waals surface area contributed by atoms with Gasteiger partial charge in [0.05, 0.1) is 12.2 Å². The third-order valence-corrected chi connectivity index (χ3v) is 4.84. The number of aromatic nitrogens is 3. The molecule has 1 aliphatic heterocycles. The van der Waals surface area contributed by atoms with Gasteiger partial charge in [-0.3, -0.25) is 4.79 Å². The second-order valence-corrected chi connectivity index (χ2v) is 7.73. The fourth-order valence-corrected chi connectivity index (χ4v) is 3.10. The standard InChI is InChI=1S/C19H27N5O/c1-19(2,3)14-5-7-15(8-6-14)23(4)18(25)17-13-24(22-21-17)16-9-11-20-12-10-16/h5-8,13,16,20H,9-12H2,1-4H3. The number of nitrogens with zero attached hydrogens (tertiary/aromatic N) is 4. The van der Waals surface area contributed by atoms with Gasteiger partial charge >= 0.3 is 0 Å². The molecule has 6 nitrogen and oxygen atoms in total. The van der Waals surface area contributed by atoms with Crippen LogP contribution >= 0.6 is 0 Å². The average Bonchev–Trinajstić information content (AvgIpc) is 3.11. The van der Waals surface area contributed by atoms with E-state index in [9.17, 15) is 4.79 Å². The number of piperidine rings is 1. The van der Waals surface area contributed by atoms with Crippen LogP contribution in [0.25, 0.3) is 0 Å². The fourth-order valence-electron chi connectivity index (χ4n) is 3.10. The summed E-state index contributed by atoms with van der Waals surface area (Å²) in [4.78, 5) is 14.3. The van der Waals surface area contributed by atoms with E-state index in [-0.39, 0.29) is 11.3 Å². The lowest BCUT2D eigenvalue weighted by atomic mass is 9.87. The monoisotopic (exact) mass is 341 g/mol. The number of anilines is 1. The molecule has 0 saturated carbocycles. The van der Waals surface area contributed by atoms with E-state index >= 15 is 0 Å². The van der Waals surface area contributed by atoms with Crippen LogP contribution in [0.3, 0.4) is 0 Å². The Hall–Kier alpha value is -2.21. The van der Waals surface area contributed by atoms with Gasteiger partial charge in [0, 0.05) is 12.7 Å². The molecule has 1 fully saturated rings. The highest BCUT2D eigenvalue weighted by molar-refractivity contribution is 6.04. The third kappa shape index (κ3) is 3.90. The van der Waals surface area contributed by atoms with Crippen molar-refractivity contribution >= 4 is 11.6 Å². The first-order chi connectivity index (χ1) is 11.9. The molecule has 1 aromatic carbocycles. The maximum Gasteiger partial charge on any atom is 0.280 e. The quantitative estimate of drug-likeness (QED) is 0.932. The summed E-state index contributed by atoms with van der Waals surface area (Å²) in [7, 11) is 1.78. The molecule has 0 aliphatic carbocycles. The van der Waals surface area contributed by atoms with Crippen molar-refractivity contribution in [2.24, 2.45) is 0 Å². The summed E-state index contributed by atoms with van der Waals surface area (Å²) in [5.41, 5.74) is 2.59. The van der Waals surface area contributed by atoms with Gasteiger partial charge in [-0.15, -0.1) is 5.10 Å². The van der Waals surface area contributed by atoms with E-state index in [0.717, 1.165) is 31.6 Å². The Morgan fingerprint density at radius 1 is 1.20 bits per heavy atom. The molecule has 0 spiro atoms. The molecular formula is C19H27N5O. The van der Waals surface area contributed by atoms with Crippen molar-refractivity contribution in [1.82, 2.24) is 20.3 Å². The molecule has 1 aliphatic rings. The van der Waals surface area contributed by atoms with Crippen molar-refractivity contribution in [3.8, 4) is 0 Å². The molecule has 25 heavy (non-hydrogen) atoms. The highest BCUT2D eigenvalue weighted by Crippen LogP contribution is 2.25. The minimum absolute atomic E-state index is 0.0959. The Balaban J connectivity index is 1.73. The van der Waals surface area contributed by atoms with Crippen molar-refractivity contribution in [1.29, 1.82) is 0 Å². The van der Waals surface area contributed by atoms with Crippen molar-refractivity contribution in [2.45, 2.75) is 45.1 Å². The van der Waals surface area contributed by atoms with Crippen LogP contribution < -0.4 is 10.2 Å². The van der Waals surface area contributed by atoms with Crippen molar-refractivity contribution < 1.29 is 4.79 Å². The number of benzene rings is 1. The number of amides is 1. The molecule has 2 aromatic rings. The average molecular weight is 341 g/mol. The van der Waals surface area contributed by atoms with Crippen LogP contribution in [0.2, 0.25) is 0 Å². The molecule has 0 bridgehead atoms. The highest BCUT2D eigenvalue weighted by Gasteiger charge is 2.22. The maximum absolute atomic E-state index is 12.7. The van der Waals surface area contributed by atoms with Gasteiger partial charge in [0.15, 0.2) is 5.69 Å². The van der Waals surface area contributed by atoms with E-state index in [2.05, 4.69) is 48.5 Å². The Kier molecular flexibility index (Phi) is 4.90. The van der Waals surface area contributed by atoms with Gasteiger partial charge in [-0.05, 0) is 49.0 Å². The zero-order valence-electron chi connectivity index (χ0n) is 15.5. The SMILES string of the molecule is CN(C(=O)c1cn(C2CCNCC2)nn1)c1ccc(C(C)(C)C)cc1. The Morgan fingerprint density at radius 2 is 1.84 bits per heavy atom. The first-order valence-corrected chi connectivity index (χ1v) is 8.87. The summed E-state index contributed by atoms with van der Waals surface area (Å²) in [6, 6.07) is 8.44. The molecule has 0 unspecified atom stereocenters. The minimum atomic E-state index is -0.135. The molecule has 1 saturated heterocycles. The molecule has 1 amide bonds. The number of rotatable bonds is 3. The van der Waals surface area contributed by atoms with Crippen LogP contribution in [0.4, 0.5) is 5.69 Å². The van der Waals surface area contributed by atoms with E-state index in [1.807, 2.05) is 16.8 Å². The van der Waals surface area contributed by atoms with Gasteiger partial charge in [-0.25, -0.2) is 4.68 Å². The summed E-state index contributed by atoms with van der Waals surface area (Å²) in [5, 5.41) is 11.6. The van der Waals surface area contributed by atoms with E-state index in [0.29, 0.717) is 11.7 Å². The number of hydrogen-bond acceptors (Lipinski definition) is 4. The zero-order chi connectivity index (χ0) is 18.0. The summed E-state index contributed by atoms with van der Waals surface area (Å²) in [6.07, 6.45) is 3.81. The van der Waals surface area contributed by atoms with Crippen LogP contribution in [0, 0.1) is 0 Å². The van der Waals surface area contributed by atoms with Crippen LogP contribution in [-0.4, -0.2) is 41.0 Å². The summed E-state index contributed by atoms with van der Waals surface area (Å²) >= 11 is 0. The van der Waals surface area contributed by atoms with E-state index < -0.39 is 0 Å². The number of carbonyl (C=O) groups excluding carboxylic acids is 1. The maximum atomic E-state index is 12.7. The Morgan fingerprint density at radius 3 is 2.44 bits per heavy atom. The van der Waals surface area contributed by atoms with Crippen molar-refractivity contribution in [3.05, 3.63) is 41.7 Å². The predicted octanol–water partition coefficient (Wildman–Crippen LogP) is 2.78. The second-order valence-electron chi connectivity index (χ2n) is 7.73. The van der Waals surface area contributed by atoms with Gasteiger partial charge in [0.1, 0.15) is 0 Å². The first kappa shape index (κ1) is 17.6. The lowest BCUT2D eigenvalue weighted by molar-refractivity contribution is 0.0988. The largest absolute Gasteiger partial charge is 0.317 e. The van der Waals surface area contributed by atoms with Crippen LogP contribution in [0.1, 0.15) is 55.7 Å². The lowest BCUT2D eigenvalue weighted by Gasteiger charge is -2.22. The van der Waals surface area contributed by atoms with Crippen LogP contribution in [0.5, 0.6) is 0 Å². The minimum Gasteiger partial charge on any atom is -0.317 e. The predicted molar refractivity (Wildman–Crippen MR) is 99.0 cm³/mol. The number of hydrogen-bond donors (Lipinski definition) is 1. The topological polar surface area (TPSA) is 63.1 Å². The van der Waals surface area contributed by atoms with Gasteiger partial charge in [-0.2, -0.15) is 0 Å². The van der Waals surface area contributed by atoms with Gasteiger partial charge in [0.25, 0.3) is 5.91 Å². The normalized spacial score (nSPS) is 16.0. The molecular weight excluding hydrogens is 314 g/mol. The Bertz CT molecular complexity index is 723. The van der Waals surface area contributed by atoms with E-state index in [1.54, 1.807) is 18.1 Å².